The molecule has 11 heteroatoms. The van der Waals surface area contributed by atoms with Crippen LogP contribution in [0.15, 0.2) is 48.5 Å². The van der Waals surface area contributed by atoms with Crippen molar-refractivity contribution in [1.82, 2.24) is 5.32 Å². The summed E-state index contributed by atoms with van der Waals surface area (Å²) in [5.74, 6) is 0. The molecule has 1 fully saturated rings. The van der Waals surface area contributed by atoms with Crippen LogP contribution in [0, 0.1) is 0 Å². The number of amides is 1. The Bertz CT molecular complexity index is 948. The number of carbonyl (C=O) groups is 1. The number of ether oxygens (including phenoxy) is 2. The Labute approximate surface area is 185 Å². The van der Waals surface area contributed by atoms with Crippen LogP contribution in [0.3, 0.4) is 0 Å². The number of alkyl halides is 6. The number of hydrogen-bond donors (Lipinski definition) is 2. The van der Waals surface area contributed by atoms with E-state index in [9.17, 15) is 31.1 Å². The van der Waals surface area contributed by atoms with Crippen molar-refractivity contribution >= 4 is 6.09 Å². The lowest BCUT2D eigenvalue weighted by atomic mass is 9.88. The van der Waals surface area contributed by atoms with Gasteiger partial charge in [-0.1, -0.05) is 30.3 Å². The van der Waals surface area contributed by atoms with Gasteiger partial charge >= 0.3 is 18.4 Å². The van der Waals surface area contributed by atoms with Crippen LogP contribution in [0.25, 0.3) is 0 Å². The molecule has 1 unspecified atom stereocenters. The third kappa shape index (κ3) is 5.97. The largest absolute Gasteiger partial charge is 0.445 e. The highest BCUT2D eigenvalue weighted by molar-refractivity contribution is 5.64. The highest BCUT2D eigenvalue weighted by Gasteiger charge is 2.43. The molecule has 3 atom stereocenters. The van der Waals surface area contributed by atoms with Crippen LogP contribution in [0.1, 0.15) is 41.7 Å². The minimum atomic E-state index is -4.95. The Balaban J connectivity index is 1.87. The molecule has 1 amide bonds. The molecule has 2 aromatic carbocycles. The third-order valence-corrected chi connectivity index (χ3v) is 5.51. The van der Waals surface area contributed by atoms with Gasteiger partial charge in [-0.25, -0.2) is 4.79 Å². The van der Waals surface area contributed by atoms with Crippen molar-refractivity contribution in [3.8, 4) is 0 Å². The molecule has 3 N–H and O–H groups in total. The summed E-state index contributed by atoms with van der Waals surface area (Å²) in [7, 11) is 0. The van der Waals surface area contributed by atoms with E-state index in [0.717, 1.165) is 5.56 Å². The van der Waals surface area contributed by atoms with E-state index in [1.165, 1.54) is 6.92 Å². The molecule has 0 aliphatic carbocycles. The third-order valence-electron chi connectivity index (χ3n) is 5.51. The van der Waals surface area contributed by atoms with E-state index in [1.54, 1.807) is 30.3 Å². The highest BCUT2D eigenvalue weighted by atomic mass is 19.4. The zero-order valence-corrected chi connectivity index (χ0v) is 17.5. The second-order valence-electron chi connectivity index (χ2n) is 7.88. The zero-order valence-electron chi connectivity index (χ0n) is 17.5. The van der Waals surface area contributed by atoms with Gasteiger partial charge in [0.2, 0.25) is 0 Å². The van der Waals surface area contributed by atoms with Crippen LogP contribution in [-0.2, 0) is 27.4 Å². The predicted octanol–water partition coefficient (Wildman–Crippen LogP) is 5.15. The molecule has 33 heavy (non-hydrogen) atoms. The van der Waals surface area contributed by atoms with E-state index >= 15 is 0 Å². The molecular formula is C22H22F6N2O3. The van der Waals surface area contributed by atoms with E-state index in [2.05, 4.69) is 5.32 Å². The molecule has 1 aliphatic rings. The molecule has 1 aliphatic heterocycles. The average Bonchev–Trinajstić information content (AvgIpc) is 3.14. The molecular weight excluding hydrogens is 454 g/mol. The van der Waals surface area contributed by atoms with E-state index in [0.29, 0.717) is 12.1 Å². The number of rotatable bonds is 6. The lowest BCUT2D eigenvalue weighted by Gasteiger charge is -2.31. The van der Waals surface area contributed by atoms with Crippen molar-refractivity contribution in [3.63, 3.8) is 0 Å². The minimum absolute atomic E-state index is 0.0754. The van der Waals surface area contributed by atoms with Crippen LogP contribution < -0.4 is 11.1 Å². The van der Waals surface area contributed by atoms with E-state index in [4.69, 9.17) is 15.2 Å². The maximum absolute atomic E-state index is 13.2. The van der Waals surface area contributed by atoms with Crippen molar-refractivity contribution in [2.75, 3.05) is 13.2 Å². The lowest BCUT2D eigenvalue weighted by Crippen LogP contribution is -2.41. The van der Waals surface area contributed by atoms with Gasteiger partial charge in [-0.05, 0) is 36.2 Å². The van der Waals surface area contributed by atoms with Gasteiger partial charge in [0.25, 0.3) is 0 Å². The van der Waals surface area contributed by atoms with E-state index < -0.39 is 47.3 Å². The molecule has 0 radical (unpaired) electrons. The number of benzene rings is 2. The molecule has 3 rings (SSSR count). The maximum Gasteiger partial charge on any atom is 0.416 e. The maximum atomic E-state index is 13.2. The van der Waals surface area contributed by atoms with Crippen molar-refractivity contribution in [2.45, 2.75) is 43.4 Å². The topological polar surface area (TPSA) is 73.6 Å². The molecule has 5 nitrogen and oxygen atoms in total. The summed E-state index contributed by atoms with van der Waals surface area (Å²) in [4.78, 5) is 11.1. The Hall–Kier alpha value is -2.79. The summed E-state index contributed by atoms with van der Waals surface area (Å²) in [6, 6.07) is 10.3. The van der Waals surface area contributed by atoms with Gasteiger partial charge in [0.15, 0.2) is 0 Å². The summed E-state index contributed by atoms with van der Waals surface area (Å²) in [5.41, 5.74) is 1.89. The molecule has 0 saturated carbocycles. The molecule has 0 aromatic heterocycles. The van der Waals surface area contributed by atoms with Crippen LogP contribution in [0.5, 0.6) is 0 Å². The first-order valence-electron chi connectivity index (χ1n) is 9.98. The first kappa shape index (κ1) is 24.8. The predicted molar refractivity (Wildman–Crippen MR) is 106 cm³/mol. The average molecular weight is 476 g/mol. The summed E-state index contributed by atoms with van der Waals surface area (Å²) >= 11 is 0. The van der Waals surface area contributed by atoms with Crippen LogP contribution in [0.4, 0.5) is 31.1 Å². The summed E-state index contributed by atoms with van der Waals surface area (Å²) in [5, 5.41) is 3.20. The second-order valence-corrected chi connectivity index (χ2v) is 7.88. The van der Waals surface area contributed by atoms with Gasteiger partial charge in [-0.2, -0.15) is 26.3 Å². The molecule has 180 valence electrons. The van der Waals surface area contributed by atoms with Crippen molar-refractivity contribution in [2.24, 2.45) is 5.73 Å². The van der Waals surface area contributed by atoms with Gasteiger partial charge in [0, 0.05) is 13.0 Å². The molecule has 0 bridgehead atoms. The molecule has 1 saturated heterocycles. The number of hydrogen-bond acceptors (Lipinski definition) is 4. The van der Waals surface area contributed by atoms with Gasteiger partial charge in [0.1, 0.15) is 6.10 Å². The number of halogens is 6. The van der Waals surface area contributed by atoms with Gasteiger partial charge in [-0.15, -0.1) is 0 Å². The van der Waals surface area contributed by atoms with Gasteiger partial charge < -0.3 is 20.5 Å². The zero-order chi connectivity index (χ0) is 24.4. The summed E-state index contributed by atoms with van der Waals surface area (Å²) in [6.07, 6.45) is -12.3. The van der Waals surface area contributed by atoms with Crippen LogP contribution in [-0.4, -0.2) is 25.3 Å². The number of nitrogens with one attached hydrogen (secondary N) is 1. The fourth-order valence-electron chi connectivity index (χ4n) is 3.84. The Kier molecular flexibility index (Phi) is 6.94. The SMILES string of the molecule is C[C@@H](OC[C@@]1(c2ccccc2)CC(OC(N)=O)CN1)c1cc(C(F)(F)F)cc(C(F)(F)F)c1. The van der Waals surface area contributed by atoms with Crippen LogP contribution >= 0.6 is 0 Å². The van der Waals surface area contributed by atoms with Crippen LogP contribution in [0.2, 0.25) is 0 Å². The highest BCUT2D eigenvalue weighted by Crippen LogP contribution is 2.39. The summed E-state index contributed by atoms with van der Waals surface area (Å²) in [6.45, 7) is 1.52. The lowest BCUT2D eigenvalue weighted by molar-refractivity contribution is -0.143. The first-order chi connectivity index (χ1) is 15.3. The second kappa shape index (κ2) is 9.22. The van der Waals surface area contributed by atoms with Gasteiger partial charge in [0.05, 0.1) is 29.4 Å². The molecule has 1 heterocycles. The first-order valence-corrected chi connectivity index (χ1v) is 9.98. The minimum Gasteiger partial charge on any atom is -0.445 e. The van der Waals surface area contributed by atoms with Crippen molar-refractivity contribution < 1.29 is 40.6 Å². The Morgan fingerprint density at radius 3 is 2.18 bits per heavy atom. The molecule has 0 spiro atoms. The fourth-order valence-corrected chi connectivity index (χ4v) is 3.84. The number of nitrogens with two attached hydrogens (primary N) is 1. The number of primary amides is 1. The monoisotopic (exact) mass is 476 g/mol. The van der Waals surface area contributed by atoms with E-state index in [1.807, 2.05) is 0 Å². The quantitative estimate of drug-likeness (QED) is 0.566. The Morgan fingerprint density at radius 1 is 1.09 bits per heavy atom. The normalized spacial score (nSPS) is 22.2. The van der Waals surface area contributed by atoms with Crippen molar-refractivity contribution in [1.29, 1.82) is 0 Å². The smallest absolute Gasteiger partial charge is 0.416 e. The fraction of sp³-hybridized carbons (Fsp3) is 0.409. The van der Waals surface area contributed by atoms with Crippen molar-refractivity contribution in [3.05, 3.63) is 70.8 Å². The standard InChI is InChI=1S/C22H22F6N2O3/c1-13(14-7-16(21(23,24)25)9-17(8-14)22(26,27)28)32-12-20(15-5-3-2-4-6-15)10-18(11-30-20)33-19(29)31/h2-9,13,18,30H,10-12H2,1H3,(H2,29,31)/t13-,18?,20-/m1/s1. The van der Waals surface area contributed by atoms with E-state index in [-0.39, 0.29) is 31.2 Å². The van der Waals surface area contributed by atoms with Gasteiger partial charge in [-0.3, -0.25) is 0 Å². The molecule has 2 aromatic rings. The summed E-state index contributed by atoms with van der Waals surface area (Å²) < 4.78 is 90.0. The Morgan fingerprint density at radius 2 is 1.67 bits per heavy atom. The number of carbonyl (C=O) groups excluding carboxylic acids is 1.